The molecule has 4 rings (SSSR count). The Bertz CT molecular complexity index is 1150. The van der Waals surface area contributed by atoms with Crippen LogP contribution in [-0.4, -0.2) is 28.4 Å². The van der Waals surface area contributed by atoms with E-state index in [4.69, 9.17) is 44.9 Å². The number of ether oxygens (including phenoxy) is 1. The van der Waals surface area contributed by atoms with Gasteiger partial charge in [-0.25, -0.2) is 9.88 Å². The van der Waals surface area contributed by atoms with Crippen LogP contribution in [0.25, 0.3) is 0 Å². The van der Waals surface area contributed by atoms with Crippen LogP contribution in [0, 0.1) is 12.3 Å². The summed E-state index contributed by atoms with van der Waals surface area (Å²) < 4.78 is 5.78. The average molecular weight is 463 g/mol. The predicted molar refractivity (Wildman–Crippen MR) is 117 cm³/mol. The largest absolute Gasteiger partial charge is 0.437 e. The number of carbonyl (C=O) groups is 1. The third-order valence-electron chi connectivity index (χ3n) is 4.26. The maximum atomic E-state index is 12.6. The Morgan fingerprint density at radius 3 is 2.40 bits per heavy atom. The maximum Gasteiger partial charge on any atom is 0.254 e. The first kappa shape index (κ1) is 20.4. The molecule has 1 N–H and O–H groups in total. The molecule has 1 aliphatic rings. The maximum absolute atomic E-state index is 12.6. The fourth-order valence-corrected chi connectivity index (χ4v) is 3.48. The minimum atomic E-state index is -0.282. The Labute approximate surface area is 187 Å². The molecule has 2 aromatic carbocycles. The molecular weight excluding hydrogens is 449 g/mol. The van der Waals surface area contributed by atoms with Crippen molar-refractivity contribution in [2.24, 2.45) is 0 Å². The van der Waals surface area contributed by atoms with Crippen molar-refractivity contribution in [3.8, 4) is 11.6 Å². The first-order chi connectivity index (χ1) is 14.3. The normalized spacial score (nSPS) is 13.9. The fourth-order valence-electron chi connectivity index (χ4n) is 2.91. The summed E-state index contributed by atoms with van der Waals surface area (Å²) in [5.74, 6) is 0.427. The van der Waals surface area contributed by atoms with Crippen molar-refractivity contribution in [1.29, 1.82) is 5.41 Å². The Balaban J connectivity index is 1.63. The monoisotopic (exact) mass is 461 g/mol. The van der Waals surface area contributed by atoms with Crippen LogP contribution < -0.4 is 14.5 Å². The second-order valence-electron chi connectivity index (χ2n) is 6.44. The fraction of sp³-hybridized carbons (Fsp3) is 0.100. The van der Waals surface area contributed by atoms with Crippen LogP contribution in [0.2, 0.25) is 15.1 Å². The van der Waals surface area contributed by atoms with Crippen molar-refractivity contribution in [3.05, 3.63) is 69.3 Å². The first-order valence-corrected chi connectivity index (χ1v) is 9.88. The number of nitrogens with zero attached hydrogens (tertiary/aromatic N) is 4. The van der Waals surface area contributed by atoms with Crippen LogP contribution in [-0.2, 0) is 4.79 Å². The van der Waals surface area contributed by atoms with Crippen LogP contribution in [0.4, 0.5) is 11.6 Å². The number of aryl methyl sites for hydroxylation is 1. The van der Waals surface area contributed by atoms with Crippen LogP contribution in [0.15, 0.2) is 48.5 Å². The highest BCUT2D eigenvalue weighted by Crippen LogP contribution is 2.32. The molecule has 7 nitrogen and oxygen atoms in total. The minimum Gasteiger partial charge on any atom is -0.437 e. The second kappa shape index (κ2) is 8.10. The van der Waals surface area contributed by atoms with Gasteiger partial charge < -0.3 is 4.74 Å². The van der Waals surface area contributed by atoms with Gasteiger partial charge in [-0.2, -0.15) is 4.98 Å². The van der Waals surface area contributed by atoms with Crippen molar-refractivity contribution in [3.63, 3.8) is 0 Å². The summed E-state index contributed by atoms with van der Waals surface area (Å²) in [4.78, 5) is 24.0. The van der Waals surface area contributed by atoms with Crippen molar-refractivity contribution in [1.82, 2.24) is 9.97 Å². The smallest absolute Gasteiger partial charge is 0.254 e. The summed E-state index contributed by atoms with van der Waals surface area (Å²) in [6, 6.07) is 13.1. The zero-order valence-corrected chi connectivity index (χ0v) is 17.8. The van der Waals surface area contributed by atoms with Gasteiger partial charge in [-0.05, 0) is 49.4 Å². The molecule has 0 aliphatic carbocycles. The second-order valence-corrected chi connectivity index (χ2v) is 7.72. The van der Waals surface area contributed by atoms with E-state index < -0.39 is 0 Å². The van der Waals surface area contributed by atoms with Gasteiger partial charge in [0.25, 0.3) is 5.91 Å². The SMILES string of the molecule is Cc1cc(Oc2ccc(Cl)cc2Cl)nc(N2CC(=O)N(c3ccc(Cl)cc3)C2=N)n1. The average Bonchev–Trinajstić information content (AvgIpc) is 2.99. The summed E-state index contributed by atoms with van der Waals surface area (Å²) >= 11 is 18.0. The number of nitrogens with one attached hydrogen (secondary N) is 1. The standard InChI is InChI=1S/C20H14Cl3N5O2/c1-11-8-17(30-16-7-4-13(22)9-15(16)23)26-20(25-11)27-10-18(29)28(19(27)24)14-5-2-12(21)3-6-14/h2-9,24H,10H2,1H3. The van der Waals surface area contributed by atoms with Crippen LogP contribution >= 0.6 is 34.8 Å². The molecule has 1 aliphatic heterocycles. The summed E-state index contributed by atoms with van der Waals surface area (Å²) in [7, 11) is 0. The lowest BCUT2D eigenvalue weighted by Crippen LogP contribution is -2.34. The Hall–Kier alpha value is -2.87. The number of halogens is 3. The van der Waals surface area contributed by atoms with Gasteiger partial charge in [-0.3, -0.25) is 15.1 Å². The molecule has 0 radical (unpaired) electrons. The Morgan fingerprint density at radius 1 is 1.00 bits per heavy atom. The predicted octanol–water partition coefficient (Wildman–Crippen LogP) is 5.33. The lowest BCUT2D eigenvalue weighted by molar-refractivity contribution is -0.115. The lowest BCUT2D eigenvalue weighted by atomic mass is 10.3. The van der Waals surface area contributed by atoms with Crippen molar-refractivity contribution in [2.45, 2.75) is 6.92 Å². The van der Waals surface area contributed by atoms with Gasteiger partial charge >= 0.3 is 0 Å². The molecule has 0 atom stereocenters. The number of anilines is 2. The Kier molecular flexibility index (Phi) is 5.51. The molecule has 1 saturated heterocycles. The minimum absolute atomic E-state index is 0.0663. The Morgan fingerprint density at radius 2 is 1.70 bits per heavy atom. The van der Waals surface area contributed by atoms with Gasteiger partial charge in [0.1, 0.15) is 12.3 Å². The third-order valence-corrected chi connectivity index (χ3v) is 5.05. The van der Waals surface area contributed by atoms with Crippen molar-refractivity contribution >= 4 is 58.3 Å². The molecule has 30 heavy (non-hydrogen) atoms. The number of benzene rings is 2. The summed E-state index contributed by atoms with van der Waals surface area (Å²) in [5, 5.41) is 9.84. The number of amides is 1. The molecule has 1 fully saturated rings. The van der Waals surface area contributed by atoms with E-state index in [-0.39, 0.29) is 30.2 Å². The third kappa shape index (κ3) is 4.05. The molecule has 3 aromatic rings. The molecule has 152 valence electrons. The number of hydrogen-bond acceptors (Lipinski definition) is 5. The van der Waals surface area contributed by atoms with Gasteiger partial charge in [0.15, 0.2) is 0 Å². The van der Waals surface area contributed by atoms with E-state index >= 15 is 0 Å². The van der Waals surface area contributed by atoms with E-state index in [1.807, 2.05) is 0 Å². The topological polar surface area (TPSA) is 82.4 Å². The van der Waals surface area contributed by atoms with Crippen molar-refractivity contribution < 1.29 is 9.53 Å². The molecule has 0 bridgehead atoms. The molecular formula is C20H14Cl3N5O2. The van der Waals surface area contributed by atoms with Crippen LogP contribution in [0.5, 0.6) is 11.6 Å². The zero-order valence-electron chi connectivity index (χ0n) is 15.6. The van der Waals surface area contributed by atoms with E-state index in [0.29, 0.717) is 32.2 Å². The summed E-state index contributed by atoms with van der Waals surface area (Å²) in [6.07, 6.45) is 0. The van der Waals surface area contributed by atoms with E-state index in [0.717, 1.165) is 0 Å². The van der Waals surface area contributed by atoms with Crippen molar-refractivity contribution in [2.75, 3.05) is 16.3 Å². The molecule has 0 unspecified atom stereocenters. The molecule has 10 heteroatoms. The quantitative estimate of drug-likeness (QED) is 0.567. The number of guanidine groups is 1. The molecule has 0 saturated carbocycles. The summed E-state index contributed by atoms with van der Waals surface area (Å²) in [5.41, 5.74) is 1.14. The van der Waals surface area contributed by atoms with E-state index in [1.165, 1.54) is 9.80 Å². The van der Waals surface area contributed by atoms with Crippen LogP contribution in [0.3, 0.4) is 0 Å². The molecule has 1 amide bonds. The van der Waals surface area contributed by atoms with Crippen LogP contribution in [0.1, 0.15) is 5.69 Å². The number of rotatable bonds is 4. The summed E-state index contributed by atoms with van der Waals surface area (Å²) in [6.45, 7) is 1.69. The highest BCUT2D eigenvalue weighted by atomic mass is 35.5. The van der Waals surface area contributed by atoms with Gasteiger partial charge in [-0.1, -0.05) is 34.8 Å². The van der Waals surface area contributed by atoms with Gasteiger partial charge in [0.2, 0.25) is 17.8 Å². The lowest BCUT2D eigenvalue weighted by Gasteiger charge is -2.19. The molecule has 1 aromatic heterocycles. The van der Waals surface area contributed by atoms with Gasteiger partial charge in [0.05, 0.1) is 10.7 Å². The molecule has 2 heterocycles. The van der Waals surface area contributed by atoms with E-state index in [2.05, 4.69) is 9.97 Å². The van der Waals surface area contributed by atoms with Gasteiger partial charge in [0, 0.05) is 21.8 Å². The number of carbonyl (C=O) groups excluding carboxylic acids is 1. The van der Waals surface area contributed by atoms with E-state index in [1.54, 1.807) is 55.5 Å². The number of hydrogen-bond donors (Lipinski definition) is 1. The highest BCUT2D eigenvalue weighted by Gasteiger charge is 2.36. The highest BCUT2D eigenvalue weighted by molar-refractivity contribution is 6.35. The number of aromatic nitrogens is 2. The first-order valence-electron chi connectivity index (χ1n) is 8.75. The zero-order chi connectivity index (χ0) is 21.4. The van der Waals surface area contributed by atoms with E-state index in [9.17, 15) is 4.79 Å². The van der Waals surface area contributed by atoms with Gasteiger partial charge in [-0.15, -0.1) is 0 Å². The molecule has 0 spiro atoms.